The molecule has 1 nitrogen and oxygen atoms in total. The average molecular weight is 106 g/mol. The Balaban J connectivity index is 2.73. The van der Waals surface area contributed by atoms with Crippen molar-refractivity contribution in [2.24, 2.45) is 5.73 Å². The molecule has 0 aliphatic heterocycles. The first kappa shape index (κ1) is 5.99. The molecule has 0 aliphatic carbocycles. The van der Waals surface area contributed by atoms with Gasteiger partial charge in [0.05, 0.1) is 0 Å². The summed E-state index contributed by atoms with van der Waals surface area (Å²) in [5, 5.41) is 0. The molecule has 0 heterocycles. The Morgan fingerprint density at radius 1 is 1.50 bits per heavy atom. The molecule has 0 aromatic heterocycles. The molecule has 0 rings (SSSR count). The lowest BCUT2D eigenvalue weighted by atomic mass is 10.5. The molecule has 0 atom stereocenters. The summed E-state index contributed by atoms with van der Waals surface area (Å²) in [7, 11) is 0. The monoisotopic (exact) mass is 105 g/mol. The predicted octanol–water partition coefficient (Wildman–Crippen LogP) is 0.740. The van der Waals surface area contributed by atoms with Crippen LogP contribution in [0.15, 0.2) is 12.2 Å². The van der Waals surface area contributed by atoms with Crippen LogP contribution in [0.3, 0.4) is 0 Å². The van der Waals surface area contributed by atoms with Crippen molar-refractivity contribution in [3.8, 4) is 0 Å². The van der Waals surface area contributed by atoms with E-state index in [1.807, 2.05) is 12.2 Å². The second-order valence-electron chi connectivity index (χ2n) is 0.861. The summed E-state index contributed by atoms with van der Waals surface area (Å²) < 4.78 is 0. The van der Waals surface area contributed by atoms with Crippen molar-refractivity contribution in [2.45, 2.75) is 0 Å². The normalized spacial score (nSPS) is 10.3. The summed E-state index contributed by atoms with van der Waals surface area (Å²) in [5.74, 6) is 0.567. The van der Waals surface area contributed by atoms with E-state index in [1.54, 1.807) is 0 Å². The molecule has 0 spiro atoms. The van der Waals surface area contributed by atoms with Gasteiger partial charge in [0.1, 0.15) is 0 Å². The van der Waals surface area contributed by atoms with Crippen molar-refractivity contribution in [3.05, 3.63) is 12.2 Å². The zero-order valence-electron chi connectivity index (χ0n) is 3.52. The fraction of sp³-hybridized carbons (Fsp3) is 0.500. The molecule has 0 saturated carbocycles. The zero-order valence-corrected chi connectivity index (χ0v) is 4.28. The average Bonchev–Trinajstić information content (AvgIpc) is 1.61. The van der Waals surface area contributed by atoms with Gasteiger partial charge in [-0.2, -0.15) is 0 Å². The summed E-state index contributed by atoms with van der Waals surface area (Å²) in [4.78, 5) is 0. The maximum atomic E-state index is 5.24. The van der Waals surface area contributed by atoms with Gasteiger partial charge < -0.3 is 5.73 Å². The lowest BCUT2D eigenvalue weighted by Gasteiger charge is -1.72. The molecule has 36 valence electrons. The molecule has 0 aliphatic rings. The molecule has 6 heavy (non-hydrogen) atoms. The Kier molecular flexibility index (Phi) is 4.98. The number of alkyl halides is 1. The third kappa shape index (κ3) is 3.99. The minimum atomic E-state index is 0.567. The highest BCUT2D eigenvalue weighted by Crippen LogP contribution is 1.73. The molecule has 2 N–H and O–H groups in total. The lowest BCUT2D eigenvalue weighted by Crippen LogP contribution is -1.91. The Hall–Kier alpha value is -0.0100. The van der Waals surface area contributed by atoms with Gasteiger partial charge in [-0.25, -0.2) is 0 Å². The first-order chi connectivity index (χ1) is 2.91. The van der Waals surface area contributed by atoms with Crippen molar-refractivity contribution in [3.63, 3.8) is 0 Å². The van der Waals surface area contributed by atoms with Gasteiger partial charge in [0.15, 0.2) is 0 Å². The molecule has 0 bridgehead atoms. The van der Waals surface area contributed by atoms with Crippen LogP contribution in [-0.4, -0.2) is 12.4 Å². The molecule has 0 amide bonds. The molecule has 0 radical (unpaired) electrons. The third-order valence-electron chi connectivity index (χ3n) is 0.392. The summed E-state index contributed by atoms with van der Waals surface area (Å²) in [6, 6.07) is 0. The van der Waals surface area contributed by atoms with Gasteiger partial charge in [0.25, 0.3) is 0 Å². The van der Waals surface area contributed by atoms with E-state index in [4.69, 9.17) is 17.3 Å². The number of halogens is 1. The topological polar surface area (TPSA) is 26.0 Å². The van der Waals surface area contributed by atoms with Crippen LogP contribution in [0.1, 0.15) is 0 Å². The van der Waals surface area contributed by atoms with Crippen molar-refractivity contribution in [1.82, 2.24) is 0 Å². The Morgan fingerprint density at radius 2 is 2.17 bits per heavy atom. The largest absolute Gasteiger partial charge is 0.327 e. The zero-order chi connectivity index (χ0) is 4.83. The molecular weight excluding hydrogens is 97.5 g/mol. The molecule has 0 unspecified atom stereocenters. The van der Waals surface area contributed by atoms with E-state index in [0.29, 0.717) is 12.4 Å². The summed E-state index contributed by atoms with van der Waals surface area (Å²) in [6.45, 7) is 0.590. The van der Waals surface area contributed by atoms with E-state index in [1.165, 1.54) is 0 Å². The Bertz CT molecular complexity index is 36.8. The minimum absolute atomic E-state index is 0.567. The van der Waals surface area contributed by atoms with Crippen LogP contribution < -0.4 is 5.73 Å². The van der Waals surface area contributed by atoms with Crippen LogP contribution in [0.4, 0.5) is 0 Å². The number of hydrogen-bond acceptors (Lipinski definition) is 1. The maximum Gasteiger partial charge on any atom is 0.0404 e. The van der Waals surface area contributed by atoms with E-state index < -0.39 is 0 Å². The van der Waals surface area contributed by atoms with Crippen LogP contribution >= 0.6 is 11.6 Å². The van der Waals surface area contributed by atoms with Gasteiger partial charge in [-0.1, -0.05) is 12.2 Å². The smallest absolute Gasteiger partial charge is 0.0404 e. The van der Waals surface area contributed by atoms with Gasteiger partial charge >= 0.3 is 0 Å². The second kappa shape index (κ2) is 4.99. The molecule has 0 fully saturated rings. The van der Waals surface area contributed by atoms with Crippen molar-refractivity contribution in [1.29, 1.82) is 0 Å². The fourth-order valence-corrected chi connectivity index (χ4v) is 0.285. The highest BCUT2D eigenvalue weighted by atomic mass is 35.5. The van der Waals surface area contributed by atoms with E-state index in [2.05, 4.69) is 0 Å². The Morgan fingerprint density at radius 3 is 2.33 bits per heavy atom. The van der Waals surface area contributed by atoms with Crippen LogP contribution in [0.5, 0.6) is 0 Å². The van der Waals surface area contributed by atoms with Gasteiger partial charge in [0.2, 0.25) is 0 Å². The van der Waals surface area contributed by atoms with Crippen molar-refractivity contribution >= 4 is 11.6 Å². The van der Waals surface area contributed by atoms with Crippen LogP contribution in [0.25, 0.3) is 0 Å². The molecule has 0 aromatic rings. The summed E-state index contributed by atoms with van der Waals surface area (Å²) in [5.41, 5.74) is 5.07. The van der Waals surface area contributed by atoms with Gasteiger partial charge in [-0.3, -0.25) is 0 Å². The predicted molar refractivity (Wildman–Crippen MR) is 28.9 cm³/mol. The summed E-state index contributed by atoms with van der Waals surface area (Å²) in [6.07, 6.45) is 3.65. The molecule has 0 aromatic carbocycles. The molecule has 2 heteroatoms. The number of rotatable bonds is 2. The number of nitrogens with two attached hydrogens (primary N) is 1. The maximum absolute atomic E-state index is 5.24. The van der Waals surface area contributed by atoms with Crippen LogP contribution in [0.2, 0.25) is 0 Å². The molecular formula is C4H8ClN. The third-order valence-corrected chi connectivity index (χ3v) is 0.570. The van der Waals surface area contributed by atoms with E-state index >= 15 is 0 Å². The number of allylic oxidation sites excluding steroid dienone is 1. The van der Waals surface area contributed by atoms with E-state index in [9.17, 15) is 0 Å². The Labute approximate surface area is 42.8 Å². The summed E-state index contributed by atoms with van der Waals surface area (Å²) >= 11 is 5.24. The first-order valence-electron chi connectivity index (χ1n) is 1.83. The fourth-order valence-electron chi connectivity index (χ4n) is 0.159. The van der Waals surface area contributed by atoms with Crippen molar-refractivity contribution < 1.29 is 0 Å². The van der Waals surface area contributed by atoms with Crippen LogP contribution in [-0.2, 0) is 0 Å². The quantitative estimate of drug-likeness (QED) is 0.407. The first-order valence-corrected chi connectivity index (χ1v) is 2.36. The minimum Gasteiger partial charge on any atom is -0.327 e. The highest BCUT2D eigenvalue weighted by Gasteiger charge is 1.61. The van der Waals surface area contributed by atoms with E-state index in [-0.39, 0.29) is 0 Å². The molecule has 0 saturated heterocycles. The highest BCUT2D eigenvalue weighted by molar-refractivity contribution is 6.18. The van der Waals surface area contributed by atoms with Crippen LogP contribution in [0, 0.1) is 0 Å². The van der Waals surface area contributed by atoms with Gasteiger partial charge in [0, 0.05) is 12.4 Å². The van der Waals surface area contributed by atoms with E-state index in [0.717, 1.165) is 0 Å². The van der Waals surface area contributed by atoms with Gasteiger partial charge in [-0.15, -0.1) is 11.6 Å². The SMILES string of the molecule is NC/C=C/CCl. The van der Waals surface area contributed by atoms with Gasteiger partial charge in [-0.05, 0) is 0 Å². The second-order valence-corrected chi connectivity index (χ2v) is 1.17. The lowest BCUT2D eigenvalue weighted by molar-refractivity contribution is 1.25. The standard InChI is InChI=1S/C4H8ClN/c5-3-1-2-4-6/h1-2H,3-4,6H2/b2-1+. The number of hydrogen-bond donors (Lipinski definition) is 1. The van der Waals surface area contributed by atoms with Crippen molar-refractivity contribution in [2.75, 3.05) is 12.4 Å².